The van der Waals surface area contributed by atoms with Gasteiger partial charge in [0, 0.05) is 20.6 Å². The zero-order valence-electron chi connectivity index (χ0n) is 17.3. The zero-order chi connectivity index (χ0) is 21.9. The molecule has 0 fully saturated rings. The molecule has 3 rings (SSSR count). The molecule has 0 aliphatic rings. The standard InChI is InChI=1S/C21H24N4O4S/c1-15-5-11-18(12-6-15)30(27,28)25(3)21-19(14-23-24(21)2)20(26)22-13-16-7-9-17(29-4)10-8-16/h5-12,14H,13H2,1-4H3,(H,22,26). The lowest BCUT2D eigenvalue weighted by atomic mass is 10.2. The highest BCUT2D eigenvalue weighted by molar-refractivity contribution is 7.92. The van der Waals surface area contributed by atoms with Gasteiger partial charge in [0.25, 0.3) is 15.9 Å². The van der Waals surface area contributed by atoms with E-state index in [-0.39, 0.29) is 22.8 Å². The van der Waals surface area contributed by atoms with Gasteiger partial charge in [0.2, 0.25) is 0 Å². The number of hydrogen-bond acceptors (Lipinski definition) is 5. The zero-order valence-corrected chi connectivity index (χ0v) is 18.1. The third-order valence-electron chi connectivity index (χ3n) is 4.74. The largest absolute Gasteiger partial charge is 0.497 e. The first kappa shape index (κ1) is 21.4. The molecule has 0 bridgehead atoms. The van der Waals surface area contributed by atoms with Crippen molar-refractivity contribution in [3.8, 4) is 5.75 Å². The third-order valence-corrected chi connectivity index (χ3v) is 6.50. The first-order chi connectivity index (χ1) is 14.2. The molecule has 1 heterocycles. The molecule has 0 unspecified atom stereocenters. The Balaban J connectivity index is 1.82. The number of rotatable bonds is 7. The molecule has 3 aromatic rings. The first-order valence-electron chi connectivity index (χ1n) is 9.22. The number of aryl methyl sites for hydroxylation is 2. The summed E-state index contributed by atoms with van der Waals surface area (Å²) in [6.45, 7) is 2.16. The Labute approximate surface area is 176 Å². The van der Waals surface area contributed by atoms with Crippen molar-refractivity contribution in [2.24, 2.45) is 7.05 Å². The van der Waals surface area contributed by atoms with Gasteiger partial charge in [-0.25, -0.2) is 8.42 Å². The Morgan fingerprint density at radius 1 is 1.13 bits per heavy atom. The number of anilines is 1. The number of nitrogens with zero attached hydrogens (tertiary/aromatic N) is 3. The average Bonchev–Trinajstić information content (AvgIpc) is 3.13. The van der Waals surface area contributed by atoms with Crippen molar-refractivity contribution in [3.63, 3.8) is 0 Å². The lowest BCUT2D eigenvalue weighted by Gasteiger charge is -2.21. The van der Waals surface area contributed by atoms with Crippen molar-refractivity contribution in [1.82, 2.24) is 15.1 Å². The monoisotopic (exact) mass is 428 g/mol. The van der Waals surface area contributed by atoms with Crippen LogP contribution in [0.1, 0.15) is 21.5 Å². The van der Waals surface area contributed by atoms with Gasteiger partial charge >= 0.3 is 0 Å². The van der Waals surface area contributed by atoms with Crippen molar-refractivity contribution < 1.29 is 17.9 Å². The molecule has 0 spiro atoms. The number of benzene rings is 2. The summed E-state index contributed by atoms with van der Waals surface area (Å²) in [5.41, 5.74) is 2.01. The van der Waals surface area contributed by atoms with E-state index in [2.05, 4.69) is 10.4 Å². The fourth-order valence-electron chi connectivity index (χ4n) is 2.97. The van der Waals surface area contributed by atoms with E-state index in [0.29, 0.717) is 0 Å². The Morgan fingerprint density at radius 3 is 2.37 bits per heavy atom. The maximum atomic E-state index is 13.0. The minimum atomic E-state index is -3.85. The molecule has 2 aromatic carbocycles. The van der Waals surface area contributed by atoms with Gasteiger partial charge in [-0.3, -0.25) is 13.8 Å². The quantitative estimate of drug-likeness (QED) is 0.624. The van der Waals surface area contributed by atoms with E-state index in [9.17, 15) is 13.2 Å². The summed E-state index contributed by atoms with van der Waals surface area (Å²) in [5, 5.41) is 6.90. The van der Waals surface area contributed by atoms with Gasteiger partial charge in [-0.15, -0.1) is 0 Å². The van der Waals surface area contributed by atoms with Crippen LogP contribution in [-0.2, 0) is 23.6 Å². The highest BCUT2D eigenvalue weighted by Gasteiger charge is 2.28. The van der Waals surface area contributed by atoms with E-state index >= 15 is 0 Å². The second kappa shape index (κ2) is 8.58. The van der Waals surface area contributed by atoms with Gasteiger partial charge < -0.3 is 10.1 Å². The third kappa shape index (κ3) is 4.30. The van der Waals surface area contributed by atoms with Crippen LogP contribution in [0.15, 0.2) is 59.6 Å². The van der Waals surface area contributed by atoms with Crippen LogP contribution in [0.5, 0.6) is 5.75 Å². The van der Waals surface area contributed by atoms with Crippen molar-refractivity contribution in [3.05, 3.63) is 71.4 Å². The van der Waals surface area contributed by atoms with E-state index in [0.717, 1.165) is 21.2 Å². The predicted octanol–water partition coefficient (Wildman–Crippen LogP) is 2.49. The lowest BCUT2D eigenvalue weighted by molar-refractivity contribution is 0.0951. The van der Waals surface area contributed by atoms with Gasteiger partial charge in [-0.1, -0.05) is 29.8 Å². The number of hydrogen-bond donors (Lipinski definition) is 1. The highest BCUT2D eigenvalue weighted by Crippen LogP contribution is 2.25. The molecule has 0 aliphatic heterocycles. The van der Waals surface area contributed by atoms with Crippen molar-refractivity contribution >= 4 is 21.7 Å². The lowest BCUT2D eigenvalue weighted by Crippen LogP contribution is -2.31. The van der Waals surface area contributed by atoms with Gasteiger partial charge in [-0.2, -0.15) is 5.10 Å². The van der Waals surface area contributed by atoms with E-state index in [1.54, 1.807) is 50.6 Å². The fraction of sp³-hybridized carbons (Fsp3) is 0.238. The number of amides is 1. The van der Waals surface area contributed by atoms with E-state index in [1.165, 1.54) is 17.9 Å². The molecular formula is C21H24N4O4S. The van der Waals surface area contributed by atoms with Crippen LogP contribution in [0, 0.1) is 6.92 Å². The Kier molecular flexibility index (Phi) is 6.12. The highest BCUT2D eigenvalue weighted by atomic mass is 32.2. The Hall–Kier alpha value is -3.33. The molecule has 1 N–H and O–H groups in total. The summed E-state index contributed by atoms with van der Waals surface area (Å²) in [6.07, 6.45) is 1.36. The molecule has 9 heteroatoms. The number of ether oxygens (including phenoxy) is 1. The molecule has 8 nitrogen and oxygen atoms in total. The molecule has 1 aromatic heterocycles. The van der Waals surface area contributed by atoms with E-state index in [1.807, 2.05) is 19.1 Å². The molecule has 1 amide bonds. The Morgan fingerprint density at radius 2 is 1.77 bits per heavy atom. The number of carbonyl (C=O) groups excluding carboxylic acids is 1. The van der Waals surface area contributed by atoms with Crippen molar-refractivity contribution in [1.29, 1.82) is 0 Å². The van der Waals surface area contributed by atoms with Gasteiger partial charge in [0.1, 0.15) is 11.3 Å². The number of sulfonamides is 1. The molecule has 0 aliphatic carbocycles. The first-order valence-corrected chi connectivity index (χ1v) is 10.7. The van der Waals surface area contributed by atoms with Crippen LogP contribution in [0.4, 0.5) is 5.82 Å². The molecular weight excluding hydrogens is 404 g/mol. The van der Waals surface area contributed by atoms with Crippen LogP contribution in [0.25, 0.3) is 0 Å². The van der Waals surface area contributed by atoms with Crippen LogP contribution in [0.2, 0.25) is 0 Å². The summed E-state index contributed by atoms with van der Waals surface area (Å²) >= 11 is 0. The number of carbonyl (C=O) groups is 1. The molecule has 0 atom stereocenters. The molecule has 0 saturated heterocycles. The number of methoxy groups -OCH3 is 1. The second-order valence-electron chi connectivity index (χ2n) is 6.82. The van der Waals surface area contributed by atoms with Crippen LogP contribution in [0.3, 0.4) is 0 Å². The van der Waals surface area contributed by atoms with Crippen LogP contribution in [-0.4, -0.2) is 38.3 Å². The summed E-state index contributed by atoms with van der Waals surface area (Å²) < 4.78 is 33.7. The summed E-state index contributed by atoms with van der Waals surface area (Å²) in [4.78, 5) is 12.9. The normalized spacial score (nSPS) is 11.2. The van der Waals surface area contributed by atoms with E-state index < -0.39 is 15.9 Å². The molecule has 30 heavy (non-hydrogen) atoms. The summed E-state index contributed by atoms with van der Waals surface area (Å²) in [7, 11) is 0.735. The van der Waals surface area contributed by atoms with Crippen LogP contribution < -0.4 is 14.4 Å². The van der Waals surface area contributed by atoms with E-state index in [4.69, 9.17) is 4.74 Å². The summed E-state index contributed by atoms with van der Waals surface area (Å²) in [5.74, 6) is 0.491. The topological polar surface area (TPSA) is 93.5 Å². The molecule has 0 saturated carbocycles. The van der Waals surface area contributed by atoms with Gasteiger partial charge in [0.15, 0.2) is 5.82 Å². The Bertz CT molecular complexity index is 1140. The minimum Gasteiger partial charge on any atom is -0.497 e. The number of aromatic nitrogens is 2. The molecule has 0 radical (unpaired) electrons. The van der Waals surface area contributed by atoms with Gasteiger partial charge in [0.05, 0.1) is 18.2 Å². The fourth-order valence-corrected chi connectivity index (χ4v) is 4.21. The van der Waals surface area contributed by atoms with Crippen LogP contribution >= 0.6 is 0 Å². The maximum absolute atomic E-state index is 13.0. The SMILES string of the molecule is COc1ccc(CNC(=O)c2cnn(C)c2N(C)S(=O)(=O)c2ccc(C)cc2)cc1. The second-order valence-corrected chi connectivity index (χ2v) is 8.79. The molecule has 158 valence electrons. The van der Waals surface area contributed by atoms with Gasteiger partial charge in [-0.05, 0) is 36.8 Å². The summed E-state index contributed by atoms with van der Waals surface area (Å²) in [6, 6.07) is 13.8. The van der Waals surface area contributed by atoms with Crippen molar-refractivity contribution in [2.75, 3.05) is 18.5 Å². The van der Waals surface area contributed by atoms with Crippen molar-refractivity contribution in [2.45, 2.75) is 18.4 Å². The average molecular weight is 429 g/mol. The minimum absolute atomic E-state index is 0.140. The maximum Gasteiger partial charge on any atom is 0.265 e. The number of nitrogens with one attached hydrogen (secondary N) is 1. The predicted molar refractivity (Wildman–Crippen MR) is 114 cm³/mol. The smallest absolute Gasteiger partial charge is 0.265 e.